The van der Waals surface area contributed by atoms with Gasteiger partial charge in [-0.2, -0.15) is 0 Å². The molecule has 1 saturated heterocycles. The molecule has 1 aliphatic carbocycles. The second-order valence-electron chi connectivity index (χ2n) is 5.24. The van der Waals surface area contributed by atoms with Gasteiger partial charge in [-0.3, -0.25) is 9.59 Å². The number of carbonyl (C=O) groups is 3. The van der Waals surface area contributed by atoms with Crippen molar-refractivity contribution < 1.29 is 19.5 Å². The zero-order valence-electron chi connectivity index (χ0n) is 9.94. The van der Waals surface area contributed by atoms with Crippen LogP contribution in [0.3, 0.4) is 0 Å². The molecule has 1 atom stereocenters. The SMILES string of the molecule is CC1(C(=O)C(=O)N2CCC[C@H]2C(=O)O)CCC1. The number of amides is 1. The highest BCUT2D eigenvalue weighted by Crippen LogP contribution is 2.41. The van der Waals surface area contributed by atoms with E-state index >= 15 is 0 Å². The molecule has 5 nitrogen and oxygen atoms in total. The summed E-state index contributed by atoms with van der Waals surface area (Å²) in [5.41, 5.74) is -0.539. The van der Waals surface area contributed by atoms with Crippen molar-refractivity contribution >= 4 is 17.7 Å². The van der Waals surface area contributed by atoms with Gasteiger partial charge < -0.3 is 10.0 Å². The topological polar surface area (TPSA) is 74.7 Å². The van der Waals surface area contributed by atoms with Gasteiger partial charge in [0.05, 0.1) is 0 Å². The van der Waals surface area contributed by atoms with E-state index in [1.165, 1.54) is 4.90 Å². The summed E-state index contributed by atoms with van der Waals surface area (Å²) in [4.78, 5) is 36.2. The Hall–Kier alpha value is -1.39. The van der Waals surface area contributed by atoms with E-state index in [1.807, 2.05) is 0 Å². The molecule has 0 spiro atoms. The molecular formula is C12H17NO4. The number of likely N-dealkylation sites (tertiary alicyclic amines) is 1. The fourth-order valence-electron chi connectivity index (χ4n) is 2.59. The summed E-state index contributed by atoms with van der Waals surface area (Å²) in [7, 11) is 0. The Morgan fingerprint density at radius 1 is 1.24 bits per heavy atom. The number of ketones is 1. The molecule has 5 heteroatoms. The van der Waals surface area contributed by atoms with Crippen molar-refractivity contribution in [3.8, 4) is 0 Å². The van der Waals surface area contributed by atoms with E-state index in [1.54, 1.807) is 6.92 Å². The minimum absolute atomic E-state index is 0.387. The lowest BCUT2D eigenvalue weighted by Crippen LogP contribution is -2.50. The second-order valence-corrected chi connectivity index (χ2v) is 5.24. The van der Waals surface area contributed by atoms with Crippen molar-refractivity contribution in [1.29, 1.82) is 0 Å². The first-order valence-electron chi connectivity index (χ1n) is 6.04. The summed E-state index contributed by atoms with van der Waals surface area (Å²) in [6, 6.07) is -0.810. The molecule has 1 aliphatic heterocycles. The smallest absolute Gasteiger partial charge is 0.326 e. The maximum atomic E-state index is 12.0. The molecule has 0 aromatic carbocycles. The molecule has 0 aromatic heterocycles. The Kier molecular flexibility index (Phi) is 2.93. The average molecular weight is 239 g/mol. The van der Waals surface area contributed by atoms with Gasteiger partial charge in [0.25, 0.3) is 5.91 Å². The first kappa shape index (κ1) is 12.1. The molecule has 0 radical (unpaired) electrons. The van der Waals surface area contributed by atoms with Crippen molar-refractivity contribution in [3.05, 3.63) is 0 Å². The van der Waals surface area contributed by atoms with Gasteiger partial charge in [-0.05, 0) is 25.7 Å². The van der Waals surface area contributed by atoms with Gasteiger partial charge in [0.15, 0.2) is 0 Å². The highest BCUT2D eigenvalue weighted by Gasteiger charge is 2.46. The predicted molar refractivity (Wildman–Crippen MR) is 59.3 cm³/mol. The summed E-state index contributed by atoms with van der Waals surface area (Å²) < 4.78 is 0. The zero-order valence-corrected chi connectivity index (χ0v) is 9.94. The van der Waals surface area contributed by atoms with Crippen LogP contribution in [-0.2, 0) is 14.4 Å². The normalized spacial score (nSPS) is 26.4. The van der Waals surface area contributed by atoms with E-state index in [0.717, 1.165) is 19.3 Å². The van der Waals surface area contributed by atoms with E-state index in [9.17, 15) is 14.4 Å². The van der Waals surface area contributed by atoms with E-state index in [-0.39, 0.29) is 0 Å². The number of hydrogen-bond donors (Lipinski definition) is 1. The number of carboxylic acid groups (broad SMARTS) is 1. The fourth-order valence-corrected chi connectivity index (χ4v) is 2.59. The Labute approximate surface area is 99.8 Å². The number of nitrogens with zero attached hydrogens (tertiary/aromatic N) is 1. The largest absolute Gasteiger partial charge is 0.480 e. The molecule has 1 N–H and O–H groups in total. The summed E-state index contributed by atoms with van der Waals surface area (Å²) in [5, 5.41) is 8.98. The van der Waals surface area contributed by atoms with Crippen LogP contribution in [0.1, 0.15) is 39.0 Å². The monoisotopic (exact) mass is 239 g/mol. The molecule has 2 aliphatic rings. The minimum atomic E-state index is -1.01. The number of rotatable bonds is 3. The van der Waals surface area contributed by atoms with Crippen LogP contribution in [0.5, 0.6) is 0 Å². The second kappa shape index (κ2) is 4.13. The highest BCUT2D eigenvalue weighted by atomic mass is 16.4. The van der Waals surface area contributed by atoms with Crippen LogP contribution in [0, 0.1) is 5.41 Å². The van der Waals surface area contributed by atoms with Crippen LogP contribution in [0.15, 0.2) is 0 Å². The van der Waals surface area contributed by atoms with Gasteiger partial charge in [0.2, 0.25) is 5.78 Å². The molecule has 0 bridgehead atoms. The standard InChI is InChI=1S/C12H17NO4/c1-12(5-3-6-12)9(14)10(15)13-7-2-4-8(13)11(16)17/h8H,2-7H2,1H3,(H,16,17)/t8-/m0/s1. The van der Waals surface area contributed by atoms with E-state index < -0.39 is 29.1 Å². The van der Waals surface area contributed by atoms with Gasteiger partial charge in [-0.15, -0.1) is 0 Å². The van der Waals surface area contributed by atoms with Gasteiger partial charge in [-0.25, -0.2) is 4.79 Å². The molecule has 0 aromatic rings. The Morgan fingerprint density at radius 2 is 1.88 bits per heavy atom. The van der Waals surface area contributed by atoms with Crippen molar-refractivity contribution in [2.45, 2.75) is 45.1 Å². The van der Waals surface area contributed by atoms with Gasteiger partial charge in [0.1, 0.15) is 6.04 Å². The van der Waals surface area contributed by atoms with Crippen LogP contribution < -0.4 is 0 Å². The van der Waals surface area contributed by atoms with E-state index in [4.69, 9.17) is 5.11 Å². The van der Waals surface area contributed by atoms with Crippen molar-refractivity contribution in [3.63, 3.8) is 0 Å². The lowest BCUT2D eigenvalue weighted by molar-refractivity contribution is -0.156. The van der Waals surface area contributed by atoms with Crippen LogP contribution >= 0.6 is 0 Å². The molecular weight excluding hydrogens is 222 g/mol. The summed E-state index contributed by atoms with van der Waals surface area (Å²) in [6.45, 7) is 2.18. The number of hydrogen-bond acceptors (Lipinski definition) is 3. The lowest BCUT2D eigenvalue weighted by Gasteiger charge is -2.37. The third kappa shape index (κ3) is 1.94. The number of Topliss-reactive ketones (excluding diaryl/α,β-unsaturated/α-hetero) is 1. The fraction of sp³-hybridized carbons (Fsp3) is 0.750. The maximum absolute atomic E-state index is 12.0. The Morgan fingerprint density at radius 3 is 2.35 bits per heavy atom. The van der Waals surface area contributed by atoms with Gasteiger partial charge >= 0.3 is 5.97 Å². The van der Waals surface area contributed by atoms with Crippen LogP contribution in [0.4, 0.5) is 0 Å². The quantitative estimate of drug-likeness (QED) is 0.740. The minimum Gasteiger partial charge on any atom is -0.480 e. The van der Waals surface area contributed by atoms with Crippen molar-refractivity contribution in [2.24, 2.45) is 5.41 Å². The van der Waals surface area contributed by atoms with Gasteiger partial charge in [-0.1, -0.05) is 13.3 Å². The summed E-state index contributed by atoms with van der Waals surface area (Å²) in [5.74, 6) is -2.02. The zero-order chi connectivity index (χ0) is 12.6. The highest BCUT2D eigenvalue weighted by molar-refractivity contribution is 6.38. The number of carboxylic acids is 1. The molecule has 1 heterocycles. The number of aliphatic carboxylic acids is 1. The molecule has 2 fully saturated rings. The molecule has 17 heavy (non-hydrogen) atoms. The first-order chi connectivity index (χ1) is 7.96. The maximum Gasteiger partial charge on any atom is 0.326 e. The third-order valence-corrected chi connectivity index (χ3v) is 4.00. The van der Waals surface area contributed by atoms with E-state index in [0.29, 0.717) is 19.4 Å². The molecule has 1 saturated carbocycles. The molecule has 0 unspecified atom stereocenters. The lowest BCUT2D eigenvalue weighted by atomic mass is 9.67. The first-order valence-corrected chi connectivity index (χ1v) is 6.04. The number of carbonyl (C=O) groups excluding carboxylic acids is 2. The van der Waals surface area contributed by atoms with Crippen molar-refractivity contribution in [2.75, 3.05) is 6.54 Å². The van der Waals surface area contributed by atoms with E-state index in [2.05, 4.69) is 0 Å². The van der Waals surface area contributed by atoms with Crippen LogP contribution in [0.2, 0.25) is 0 Å². The summed E-state index contributed by atoms with van der Waals surface area (Å²) in [6.07, 6.45) is 3.56. The van der Waals surface area contributed by atoms with Crippen molar-refractivity contribution in [1.82, 2.24) is 4.90 Å². The Balaban J connectivity index is 2.09. The molecule has 1 amide bonds. The van der Waals surface area contributed by atoms with Gasteiger partial charge in [0, 0.05) is 12.0 Å². The van der Waals surface area contributed by atoms with Crippen LogP contribution in [-0.4, -0.2) is 40.3 Å². The van der Waals surface area contributed by atoms with Crippen LogP contribution in [0.25, 0.3) is 0 Å². The molecule has 94 valence electrons. The predicted octanol–water partition coefficient (Wildman–Crippen LogP) is 0.821. The Bertz CT molecular complexity index is 373. The summed E-state index contributed by atoms with van der Waals surface area (Å²) >= 11 is 0. The molecule has 2 rings (SSSR count). The third-order valence-electron chi connectivity index (χ3n) is 4.00. The average Bonchev–Trinajstić information content (AvgIpc) is 2.72.